The molecule has 1 N–H and O–H groups in total. The smallest absolute Gasteiger partial charge is 0.239 e. The fourth-order valence-electron chi connectivity index (χ4n) is 3.80. The Kier molecular flexibility index (Phi) is 7.13. The van der Waals surface area contributed by atoms with Crippen LogP contribution in [0, 0.1) is 11.0 Å². The number of thioether (sulfide) groups is 1. The normalized spacial score (nSPS) is 14.4. The average molecular weight is 516 g/mol. The van der Waals surface area contributed by atoms with E-state index in [0.717, 1.165) is 23.1 Å². The Hall–Kier alpha value is -2.42. The van der Waals surface area contributed by atoms with Gasteiger partial charge in [0.1, 0.15) is 10.7 Å². The molecule has 0 atom stereocenters. The van der Waals surface area contributed by atoms with E-state index >= 15 is 4.39 Å². The van der Waals surface area contributed by atoms with Gasteiger partial charge in [-0.15, -0.1) is 11.8 Å². The van der Waals surface area contributed by atoms with E-state index in [2.05, 4.69) is 21.2 Å². The molecule has 0 unspecified atom stereocenters. The highest BCUT2D eigenvalue weighted by Gasteiger charge is 2.26. The zero-order valence-corrected chi connectivity index (χ0v) is 20.0. The third-order valence-electron chi connectivity index (χ3n) is 5.30. The second kappa shape index (κ2) is 10.0. The Bertz CT molecular complexity index is 1180. The molecule has 2 heterocycles. The highest BCUT2D eigenvalue weighted by molar-refractivity contribution is 9.10. The van der Waals surface area contributed by atoms with Crippen LogP contribution in [0.2, 0.25) is 0 Å². The summed E-state index contributed by atoms with van der Waals surface area (Å²) < 4.78 is 16.9. The number of halogens is 2. The minimum absolute atomic E-state index is 0.225. The minimum Gasteiger partial charge on any atom is -0.618 e. The van der Waals surface area contributed by atoms with Gasteiger partial charge in [-0.3, -0.25) is 4.79 Å². The molecule has 1 saturated heterocycles. The maximum Gasteiger partial charge on any atom is 0.239 e. The van der Waals surface area contributed by atoms with E-state index in [4.69, 9.17) is 0 Å². The number of carbonyl (C=O) groups excluding carboxylic acids is 1. The van der Waals surface area contributed by atoms with Crippen LogP contribution < -0.4 is 14.9 Å². The molecule has 2 aromatic carbocycles. The van der Waals surface area contributed by atoms with Crippen LogP contribution >= 0.6 is 27.7 Å². The lowest BCUT2D eigenvalue weighted by Gasteiger charge is -2.31. The molecule has 0 aliphatic carbocycles. The predicted molar refractivity (Wildman–Crippen MR) is 132 cm³/mol. The van der Waals surface area contributed by atoms with Crippen molar-refractivity contribution in [3.63, 3.8) is 0 Å². The Morgan fingerprint density at radius 2 is 2.00 bits per heavy atom. The lowest BCUT2D eigenvalue weighted by molar-refractivity contribution is -0.578. The number of benzene rings is 2. The number of hydrogen-bond donors (Lipinski definition) is 1. The second-order valence-corrected chi connectivity index (χ2v) is 9.64. The fourth-order valence-corrected chi connectivity index (χ4v) is 5.06. The summed E-state index contributed by atoms with van der Waals surface area (Å²) in [7, 11) is 0. The van der Waals surface area contributed by atoms with Crippen LogP contribution in [-0.4, -0.2) is 37.7 Å². The maximum absolute atomic E-state index is 15.3. The first-order chi connectivity index (χ1) is 15.5. The molecule has 5 nitrogen and oxygen atoms in total. The van der Waals surface area contributed by atoms with Gasteiger partial charge in [0, 0.05) is 30.7 Å². The van der Waals surface area contributed by atoms with Crippen molar-refractivity contribution in [3.8, 4) is 0 Å². The molecule has 0 bridgehead atoms. The number of piperazine rings is 1. The van der Waals surface area contributed by atoms with Crippen molar-refractivity contribution in [2.45, 2.75) is 11.8 Å². The van der Waals surface area contributed by atoms with Crippen LogP contribution in [0.5, 0.6) is 0 Å². The average Bonchev–Trinajstić information content (AvgIpc) is 2.79. The number of aromatic nitrogens is 1. The van der Waals surface area contributed by atoms with Gasteiger partial charge in [-0.1, -0.05) is 41.1 Å². The predicted octanol–water partition coefficient (Wildman–Crippen LogP) is 4.79. The molecule has 1 aliphatic heterocycles. The first-order valence-corrected chi connectivity index (χ1v) is 12.2. The van der Waals surface area contributed by atoms with Crippen LogP contribution in [0.15, 0.2) is 58.0 Å². The van der Waals surface area contributed by atoms with Crippen molar-refractivity contribution >= 4 is 56.1 Å². The number of hydrogen-bond acceptors (Lipinski definition) is 5. The maximum atomic E-state index is 15.3. The molecule has 0 spiro atoms. The van der Waals surface area contributed by atoms with E-state index in [9.17, 15) is 10.0 Å². The molecular formula is C24H23BrFN3O2S. The van der Waals surface area contributed by atoms with Crippen molar-refractivity contribution < 1.29 is 13.9 Å². The largest absolute Gasteiger partial charge is 0.618 e. The summed E-state index contributed by atoms with van der Waals surface area (Å²) in [6.45, 7) is 4.86. The molecular weight excluding hydrogens is 493 g/mol. The SMILES string of the molecule is CCSc1c(N2CCNCC2)c(F)cc2cc(C(=O)C=Cc3ccc(Br)cc3)c[n+]([O-])c12. The molecule has 4 rings (SSSR count). The molecule has 0 radical (unpaired) electrons. The van der Waals surface area contributed by atoms with Gasteiger partial charge in [-0.2, -0.15) is 4.73 Å². The van der Waals surface area contributed by atoms with E-state index < -0.39 is 0 Å². The van der Waals surface area contributed by atoms with E-state index in [1.807, 2.05) is 36.1 Å². The number of fused-ring (bicyclic) bond motifs is 1. The van der Waals surface area contributed by atoms with E-state index in [1.165, 1.54) is 30.1 Å². The Morgan fingerprint density at radius 3 is 2.69 bits per heavy atom. The molecule has 0 amide bonds. The quantitative estimate of drug-likeness (QED) is 0.168. The number of pyridine rings is 1. The Labute approximate surface area is 199 Å². The Morgan fingerprint density at radius 1 is 1.28 bits per heavy atom. The van der Waals surface area contributed by atoms with Gasteiger partial charge in [0.15, 0.2) is 12.0 Å². The highest BCUT2D eigenvalue weighted by atomic mass is 79.9. The summed E-state index contributed by atoms with van der Waals surface area (Å²) in [5, 5.41) is 16.7. The topological polar surface area (TPSA) is 59.3 Å². The van der Waals surface area contributed by atoms with Crippen LogP contribution in [-0.2, 0) is 0 Å². The van der Waals surface area contributed by atoms with Crippen LogP contribution in [0.3, 0.4) is 0 Å². The molecule has 32 heavy (non-hydrogen) atoms. The van der Waals surface area contributed by atoms with Gasteiger partial charge < -0.3 is 15.4 Å². The number of ketones is 1. The monoisotopic (exact) mass is 515 g/mol. The molecule has 8 heteroatoms. The van der Waals surface area contributed by atoms with Crippen molar-refractivity contribution in [3.05, 3.63) is 75.3 Å². The number of carbonyl (C=O) groups is 1. The molecule has 166 valence electrons. The van der Waals surface area contributed by atoms with Crippen molar-refractivity contribution in [2.24, 2.45) is 0 Å². The van der Waals surface area contributed by atoms with Gasteiger partial charge in [-0.05, 0) is 41.7 Å². The number of nitrogens with zero attached hydrogens (tertiary/aromatic N) is 2. The minimum atomic E-state index is -0.370. The number of rotatable bonds is 6. The summed E-state index contributed by atoms with van der Waals surface area (Å²) >= 11 is 4.83. The molecule has 0 saturated carbocycles. The Balaban J connectivity index is 1.74. The van der Waals surface area contributed by atoms with Crippen LogP contribution in [0.4, 0.5) is 10.1 Å². The molecule has 1 aliphatic rings. The van der Waals surface area contributed by atoms with Gasteiger partial charge >= 0.3 is 0 Å². The van der Waals surface area contributed by atoms with E-state index in [1.54, 1.807) is 12.1 Å². The third-order valence-corrected chi connectivity index (χ3v) is 6.80. The van der Waals surface area contributed by atoms with E-state index in [0.29, 0.717) is 45.1 Å². The fraction of sp³-hybridized carbons (Fsp3) is 0.250. The van der Waals surface area contributed by atoms with Gasteiger partial charge in [0.05, 0.1) is 16.6 Å². The van der Waals surface area contributed by atoms with Crippen LogP contribution in [0.25, 0.3) is 17.0 Å². The summed E-state index contributed by atoms with van der Waals surface area (Å²) in [4.78, 5) is 15.3. The van der Waals surface area contributed by atoms with Gasteiger partial charge in [0.25, 0.3) is 0 Å². The lowest BCUT2D eigenvalue weighted by Crippen LogP contribution is -2.44. The second-order valence-electron chi connectivity index (χ2n) is 7.45. The van der Waals surface area contributed by atoms with Crippen molar-refractivity contribution in [1.29, 1.82) is 0 Å². The van der Waals surface area contributed by atoms with Crippen LogP contribution in [0.1, 0.15) is 22.8 Å². The van der Waals surface area contributed by atoms with E-state index in [-0.39, 0.29) is 17.2 Å². The number of anilines is 1. The standard InChI is InChI=1S/C24H23BrFN3O2S/c1-2-32-24-22-17(14-20(26)23(24)28-11-9-27-10-12-28)13-18(15-29(22)31)21(30)8-5-16-3-6-19(25)7-4-16/h3-8,13-15,27H,2,9-12H2,1H3. The summed E-state index contributed by atoms with van der Waals surface area (Å²) in [6.07, 6.45) is 4.41. The molecule has 3 aromatic rings. The lowest BCUT2D eigenvalue weighted by atomic mass is 10.1. The van der Waals surface area contributed by atoms with Crippen molar-refractivity contribution in [1.82, 2.24) is 5.32 Å². The summed E-state index contributed by atoms with van der Waals surface area (Å²) in [5.74, 6) is 0.0231. The number of allylic oxidation sites excluding steroid dienone is 1. The first-order valence-electron chi connectivity index (χ1n) is 10.4. The highest BCUT2D eigenvalue weighted by Crippen LogP contribution is 2.38. The summed E-state index contributed by atoms with van der Waals surface area (Å²) in [5.41, 5.74) is 1.97. The zero-order valence-electron chi connectivity index (χ0n) is 17.6. The summed E-state index contributed by atoms with van der Waals surface area (Å²) in [6, 6.07) is 10.5. The zero-order chi connectivity index (χ0) is 22.7. The van der Waals surface area contributed by atoms with Gasteiger partial charge in [0.2, 0.25) is 5.52 Å². The number of nitrogens with one attached hydrogen (secondary N) is 1. The molecule has 1 fully saturated rings. The first kappa shape index (κ1) is 22.8. The molecule has 1 aromatic heterocycles. The third kappa shape index (κ3) is 4.82. The van der Waals surface area contributed by atoms with Gasteiger partial charge in [-0.25, -0.2) is 4.39 Å². The van der Waals surface area contributed by atoms with Crippen molar-refractivity contribution in [2.75, 3.05) is 36.8 Å².